The fraction of sp³-hybridized carbons (Fsp3) is 0.294. The fourth-order valence-electron chi connectivity index (χ4n) is 2.65. The quantitative estimate of drug-likeness (QED) is 0.372. The van der Waals surface area contributed by atoms with Gasteiger partial charge < -0.3 is 15.2 Å². The van der Waals surface area contributed by atoms with Gasteiger partial charge in [-0.05, 0) is 31.2 Å². The molecule has 1 heterocycles. The molecule has 0 aliphatic carbocycles. The monoisotopic (exact) mass is 346 g/mol. The van der Waals surface area contributed by atoms with Crippen LogP contribution < -0.4 is 15.4 Å². The molecule has 0 saturated carbocycles. The molecular formula is C17H18N2O6. The van der Waals surface area contributed by atoms with Crippen molar-refractivity contribution in [1.82, 2.24) is 0 Å². The van der Waals surface area contributed by atoms with Gasteiger partial charge in [0.2, 0.25) is 11.8 Å². The SMILES string of the molecule is COC(=O)C(=C(C)N)C1CC(=O)N(c2ccc(OC(C)=O)cc2)C1=O. The predicted molar refractivity (Wildman–Crippen MR) is 87.3 cm³/mol. The second-order valence-corrected chi connectivity index (χ2v) is 5.50. The lowest BCUT2D eigenvalue weighted by atomic mass is 9.95. The summed E-state index contributed by atoms with van der Waals surface area (Å²) in [5.74, 6) is -2.93. The van der Waals surface area contributed by atoms with E-state index in [1.807, 2.05) is 0 Å². The van der Waals surface area contributed by atoms with Gasteiger partial charge in [0.1, 0.15) is 5.75 Å². The Morgan fingerprint density at radius 2 is 1.76 bits per heavy atom. The highest BCUT2D eigenvalue weighted by Crippen LogP contribution is 2.32. The van der Waals surface area contributed by atoms with Gasteiger partial charge in [0.15, 0.2) is 0 Å². The van der Waals surface area contributed by atoms with Crippen LogP contribution in [0.1, 0.15) is 20.3 Å². The number of carbonyl (C=O) groups is 4. The molecule has 25 heavy (non-hydrogen) atoms. The first-order valence-electron chi connectivity index (χ1n) is 7.46. The molecule has 1 atom stereocenters. The Bertz CT molecular complexity index is 762. The molecule has 2 N–H and O–H groups in total. The van der Waals surface area contributed by atoms with Crippen molar-refractivity contribution in [2.75, 3.05) is 12.0 Å². The van der Waals surface area contributed by atoms with Crippen LogP contribution in [0, 0.1) is 5.92 Å². The highest BCUT2D eigenvalue weighted by Gasteiger charge is 2.44. The minimum Gasteiger partial charge on any atom is -0.466 e. The number of anilines is 1. The third-order valence-corrected chi connectivity index (χ3v) is 3.68. The average Bonchev–Trinajstić information content (AvgIpc) is 2.82. The van der Waals surface area contributed by atoms with E-state index in [-0.39, 0.29) is 17.7 Å². The topological polar surface area (TPSA) is 116 Å². The van der Waals surface area contributed by atoms with Crippen molar-refractivity contribution in [3.63, 3.8) is 0 Å². The number of methoxy groups -OCH3 is 1. The van der Waals surface area contributed by atoms with Crippen LogP contribution in [0.2, 0.25) is 0 Å². The highest BCUT2D eigenvalue weighted by atomic mass is 16.5. The first kappa shape index (κ1) is 18.2. The fourth-order valence-corrected chi connectivity index (χ4v) is 2.65. The second-order valence-electron chi connectivity index (χ2n) is 5.50. The van der Waals surface area contributed by atoms with E-state index in [4.69, 9.17) is 10.5 Å². The van der Waals surface area contributed by atoms with Gasteiger partial charge in [-0.2, -0.15) is 0 Å². The zero-order valence-corrected chi connectivity index (χ0v) is 14.1. The molecule has 2 rings (SSSR count). The van der Waals surface area contributed by atoms with E-state index in [9.17, 15) is 19.2 Å². The van der Waals surface area contributed by atoms with Crippen molar-refractivity contribution in [2.24, 2.45) is 11.7 Å². The van der Waals surface area contributed by atoms with Gasteiger partial charge in [-0.15, -0.1) is 0 Å². The molecule has 0 radical (unpaired) electrons. The Labute approximate surface area is 144 Å². The maximum atomic E-state index is 12.7. The number of carbonyl (C=O) groups excluding carboxylic acids is 4. The van der Waals surface area contributed by atoms with Crippen molar-refractivity contribution in [2.45, 2.75) is 20.3 Å². The molecule has 8 nitrogen and oxygen atoms in total. The lowest BCUT2D eigenvalue weighted by molar-refractivity contribution is -0.138. The smallest absolute Gasteiger partial charge is 0.336 e. The van der Waals surface area contributed by atoms with Crippen LogP contribution >= 0.6 is 0 Å². The van der Waals surface area contributed by atoms with Crippen molar-refractivity contribution in [1.29, 1.82) is 0 Å². The summed E-state index contributed by atoms with van der Waals surface area (Å²) in [5, 5.41) is 0. The van der Waals surface area contributed by atoms with E-state index in [1.54, 1.807) is 0 Å². The number of esters is 2. The number of rotatable bonds is 4. The molecule has 1 aromatic carbocycles. The molecule has 1 aromatic rings. The number of hydrogen-bond acceptors (Lipinski definition) is 7. The van der Waals surface area contributed by atoms with E-state index < -0.39 is 29.7 Å². The van der Waals surface area contributed by atoms with Crippen LogP contribution in [-0.4, -0.2) is 30.9 Å². The lowest BCUT2D eigenvalue weighted by Crippen LogP contribution is -2.32. The molecule has 0 spiro atoms. The summed E-state index contributed by atoms with van der Waals surface area (Å²) in [6.45, 7) is 2.74. The van der Waals surface area contributed by atoms with Crippen LogP contribution in [0.25, 0.3) is 0 Å². The number of benzene rings is 1. The second kappa shape index (κ2) is 7.16. The summed E-state index contributed by atoms with van der Waals surface area (Å²) >= 11 is 0. The van der Waals surface area contributed by atoms with Crippen LogP contribution in [0.5, 0.6) is 5.75 Å². The maximum Gasteiger partial charge on any atom is 0.336 e. The lowest BCUT2D eigenvalue weighted by Gasteiger charge is -2.16. The molecule has 1 unspecified atom stereocenters. The van der Waals surface area contributed by atoms with E-state index in [2.05, 4.69) is 4.74 Å². The number of amides is 2. The summed E-state index contributed by atoms with van der Waals surface area (Å²) in [6.07, 6.45) is -0.177. The largest absolute Gasteiger partial charge is 0.466 e. The molecule has 0 bridgehead atoms. The van der Waals surface area contributed by atoms with Gasteiger partial charge >= 0.3 is 11.9 Å². The zero-order valence-electron chi connectivity index (χ0n) is 14.1. The van der Waals surface area contributed by atoms with Crippen LogP contribution in [0.3, 0.4) is 0 Å². The van der Waals surface area contributed by atoms with Crippen LogP contribution in [0.15, 0.2) is 35.5 Å². The number of imide groups is 1. The van der Waals surface area contributed by atoms with E-state index >= 15 is 0 Å². The Morgan fingerprint density at radius 1 is 1.16 bits per heavy atom. The van der Waals surface area contributed by atoms with Gasteiger partial charge in [-0.3, -0.25) is 14.4 Å². The summed E-state index contributed by atoms with van der Waals surface area (Å²) in [4.78, 5) is 48.8. The Morgan fingerprint density at radius 3 is 2.24 bits per heavy atom. The molecule has 132 valence electrons. The number of ether oxygens (including phenoxy) is 2. The standard InChI is InChI=1S/C17H18N2O6/c1-9(18)15(17(23)24-3)13-8-14(21)19(16(13)22)11-4-6-12(7-5-11)25-10(2)20/h4-7,13H,8,18H2,1-3H3. The average molecular weight is 346 g/mol. The summed E-state index contributed by atoms with van der Waals surface area (Å²) in [6, 6.07) is 5.90. The zero-order chi connectivity index (χ0) is 18.7. The molecule has 1 fully saturated rings. The molecule has 1 aliphatic heterocycles. The predicted octanol–water partition coefficient (Wildman–Crippen LogP) is 0.897. The van der Waals surface area contributed by atoms with Gasteiger partial charge in [0.05, 0.1) is 24.3 Å². The maximum absolute atomic E-state index is 12.7. The van der Waals surface area contributed by atoms with Gasteiger partial charge in [0.25, 0.3) is 0 Å². The van der Waals surface area contributed by atoms with Crippen molar-refractivity contribution >= 4 is 29.4 Å². The summed E-state index contributed by atoms with van der Waals surface area (Å²) in [7, 11) is 1.18. The molecule has 1 aliphatic rings. The molecule has 0 aromatic heterocycles. The van der Waals surface area contributed by atoms with Gasteiger partial charge in [-0.25, -0.2) is 9.69 Å². The van der Waals surface area contributed by atoms with Crippen LogP contribution in [0.4, 0.5) is 5.69 Å². The molecular weight excluding hydrogens is 328 g/mol. The minimum atomic E-state index is -0.988. The van der Waals surface area contributed by atoms with Crippen LogP contribution in [-0.2, 0) is 23.9 Å². The van der Waals surface area contributed by atoms with Crippen molar-refractivity contribution in [3.8, 4) is 5.75 Å². The minimum absolute atomic E-state index is 0.0140. The Kier molecular flexibility index (Phi) is 5.21. The summed E-state index contributed by atoms with van der Waals surface area (Å²) < 4.78 is 9.57. The first-order chi connectivity index (χ1) is 11.8. The number of nitrogens with two attached hydrogens (primary N) is 1. The molecule has 2 amide bonds. The highest BCUT2D eigenvalue weighted by molar-refractivity contribution is 6.23. The van der Waals surface area contributed by atoms with Gasteiger partial charge in [0, 0.05) is 19.0 Å². The third kappa shape index (κ3) is 3.68. The first-order valence-corrected chi connectivity index (χ1v) is 7.46. The number of nitrogens with zero attached hydrogens (tertiary/aromatic N) is 1. The number of allylic oxidation sites excluding steroid dienone is 1. The Balaban J connectivity index is 2.31. The number of hydrogen-bond donors (Lipinski definition) is 1. The summed E-state index contributed by atoms with van der Waals surface area (Å²) in [5.41, 5.74) is 6.13. The molecule has 8 heteroatoms. The third-order valence-electron chi connectivity index (χ3n) is 3.68. The van der Waals surface area contributed by atoms with E-state index in [0.29, 0.717) is 11.4 Å². The normalized spacial score (nSPS) is 18.0. The van der Waals surface area contributed by atoms with Crippen molar-refractivity contribution < 1.29 is 28.7 Å². The Hall–Kier alpha value is -3.16. The van der Waals surface area contributed by atoms with E-state index in [1.165, 1.54) is 45.2 Å². The van der Waals surface area contributed by atoms with Gasteiger partial charge in [-0.1, -0.05) is 0 Å². The van der Waals surface area contributed by atoms with E-state index in [0.717, 1.165) is 4.90 Å². The molecule has 1 saturated heterocycles. The van der Waals surface area contributed by atoms with Crippen molar-refractivity contribution in [3.05, 3.63) is 35.5 Å².